The number of hydrogen-bond acceptors (Lipinski definition) is 2. The summed E-state index contributed by atoms with van der Waals surface area (Å²) in [5.41, 5.74) is 4.28. The molecule has 1 aromatic heterocycles. The lowest BCUT2D eigenvalue weighted by Gasteiger charge is -2.11. The van der Waals surface area contributed by atoms with E-state index in [9.17, 15) is 9.18 Å². The number of aryl methyl sites for hydroxylation is 1. The second-order valence-corrected chi connectivity index (χ2v) is 5.59. The van der Waals surface area contributed by atoms with Crippen LogP contribution in [0.2, 0.25) is 0 Å². The fraction of sp³-hybridized carbons (Fsp3) is 0.111. The number of nitrogens with zero attached hydrogens (tertiary/aromatic N) is 1. The van der Waals surface area contributed by atoms with E-state index in [4.69, 9.17) is 0 Å². The third-order valence-corrected chi connectivity index (χ3v) is 4.09. The molecule has 2 aromatic carbocycles. The summed E-state index contributed by atoms with van der Waals surface area (Å²) in [5, 5.41) is 2.83. The Bertz CT molecular complexity index is 930. The fourth-order valence-corrected chi connectivity index (χ4v) is 3.03. The van der Waals surface area contributed by atoms with E-state index in [0.717, 1.165) is 22.4 Å². The lowest BCUT2D eigenvalue weighted by atomic mass is 9.93. The summed E-state index contributed by atoms with van der Waals surface area (Å²) in [7, 11) is 0. The second kappa shape index (κ2) is 5.05. The number of imidazole rings is 1. The van der Waals surface area contributed by atoms with Crippen molar-refractivity contribution in [3.8, 4) is 22.5 Å². The summed E-state index contributed by atoms with van der Waals surface area (Å²) in [6.45, 7) is 2.30. The van der Waals surface area contributed by atoms with Gasteiger partial charge in [-0.25, -0.2) is 9.37 Å². The second-order valence-electron chi connectivity index (χ2n) is 5.59. The average Bonchev–Trinajstić information content (AvgIpc) is 3.14. The molecule has 0 atom stereocenters. The van der Waals surface area contributed by atoms with E-state index in [-0.39, 0.29) is 11.7 Å². The number of H-pyrrole nitrogens is 1. The van der Waals surface area contributed by atoms with Gasteiger partial charge in [0.2, 0.25) is 0 Å². The molecule has 0 fully saturated rings. The predicted octanol–water partition coefficient (Wildman–Crippen LogP) is 3.43. The quantitative estimate of drug-likeness (QED) is 0.762. The van der Waals surface area contributed by atoms with Crippen LogP contribution in [-0.4, -0.2) is 15.9 Å². The molecule has 4 nitrogen and oxygen atoms in total. The van der Waals surface area contributed by atoms with Crippen molar-refractivity contribution in [3.05, 3.63) is 65.2 Å². The summed E-state index contributed by atoms with van der Waals surface area (Å²) in [6, 6.07) is 10.3. The predicted molar refractivity (Wildman–Crippen MR) is 85.3 cm³/mol. The van der Waals surface area contributed by atoms with Crippen LogP contribution in [0.4, 0.5) is 4.39 Å². The van der Waals surface area contributed by atoms with Crippen molar-refractivity contribution in [3.63, 3.8) is 0 Å². The van der Waals surface area contributed by atoms with Crippen LogP contribution in [0.3, 0.4) is 0 Å². The summed E-state index contributed by atoms with van der Waals surface area (Å²) >= 11 is 0. The van der Waals surface area contributed by atoms with Gasteiger partial charge in [-0.3, -0.25) is 4.79 Å². The van der Waals surface area contributed by atoms with Gasteiger partial charge < -0.3 is 10.3 Å². The zero-order chi connectivity index (χ0) is 16.0. The zero-order valence-corrected chi connectivity index (χ0v) is 12.5. The number of fused-ring (bicyclic) bond motifs is 1. The van der Waals surface area contributed by atoms with Crippen LogP contribution in [0.1, 0.15) is 21.6 Å². The van der Waals surface area contributed by atoms with Gasteiger partial charge in [0.25, 0.3) is 5.91 Å². The van der Waals surface area contributed by atoms with Crippen molar-refractivity contribution in [2.75, 3.05) is 0 Å². The normalized spacial score (nSPS) is 13.0. The standard InChI is InChI=1S/C18H14FN3O/c1-10-8-20-17(22-10)13-7-6-11(12-4-2-3-5-15(12)19)14-9-21-18(23)16(13)14/h2-8H,9H2,1H3,(H,20,22)(H,21,23). The molecule has 0 saturated carbocycles. The number of carbonyl (C=O) groups is 1. The zero-order valence-electron chi connectivity index (χ0n) is 12.5. The number of carbonyl (C=O) groups excluding carboxylic acids is 1. The first-order valence-electron chi connectivity index (χ1n) is 7.36. The maximum atomic E-state index is 14.1. The lowest BCUT2D eigenvalue weighted by Crippen LogP contribution is -2.13. The Morgan fingerprint density at radius 2 is 1.87 bits per heavy atom. The Kier molecular flexibility index (Phi) is 3.01. The number of aromatic nitrogens is 2. The Morgan fingerprint density at radius 3 is 2.61 bits per heavy atom. The molecule has 0 bridgehead atoms. The van der Waals surface area contributed by atoms with E-state index in [1.807, 2.05) is 19.1 Å². The molecule has 1 amide bonds. The van der Waals surface area contributed by atoms with Gasteiger partial charge in [-0.1, -0.05) is 24.3 Å². The SMILES string of the molecule is Cc1cnc(-c2ccc(-c3ccccc3F)c3c2C(=O)NC3)[nH]1. The highest BCUT2D eigenvalue weighted by Crippen LogP contribution is 2.36. The third kappa shape index (κ3) is 2.12. The Labute approximate surface area is 132 Å². The molecule has 4 rings (SSSR count). The van der Waals surface area contributed by atoms with Gasteiger partial charge in [0.05, 0.1) is 5.56 Å². The summed E-state index contributed by atoms with van der Waals surface area (Å²) < 4.78 is 14.1. The third-order valence-electron chi connectivity index (χ3n) is 4.09. The first-order chi connectivity index (χ1) is 11.1. The van der Waals surface area contributed by atoms with E-state index in [1.54, 1.807) is 24.4 Å². The van der Waals surface area contributed by atoms with Crippen molar-refractivity contribution in [2.24, 2.45) is 0 Å². The first kappa shape index (κ1) is 13.7. The summed E-state index contributed by atoms with van der Waals surface area (Å²) in [5.74, 6) is 0.203. The maximum Gasteiger partial charge on any atom is 0.252 e. The van der Waals surface area contributed by atoms with Crippen LogP contribution in [0.15, 0.2) is 42.6 Å². The van der Waals surface area contributed by atoms with Crippen molar-refractivity contribution >= 4 is 5.91 Å². The van der Waals surface area contributed by atoms with Crippen LogP contribution in [-0.2, 0) is 6.54 Å². The van der Waals surface area contributed by atoms with E-state index in [2.05, 4.69) is 15.3 Å². The van der Waals surface area contributed by atoms with Crippen LogP contribution in [0.25, 0.3) is 22.5 Å². The molecule has 1 aliphatic heterocycles. The van der Waals surface area contributed by atoms with Gasteiger partial charge in [-0.2, -0.15) is 0 Å². The molecule has 2 N–H and O–H groups in total. The van der Waals surface area contributed by atoms with Crippen molar-refractivity contribution in [1.29, 1.82) is 0 Å². The van der Waals surface area contributed by atoms with Crippen molar-refractivity contribution in [2.45, 2.75) is 13.5 Å². The van der Waals surface area contributed by atoms with Crippen LogP contribution in [0, 0.1) is 12.7 Å². The van der Waals surface area contributed by atoms with Crippen molar-refractivity contribution < 1.29 is 9.18 Å². The molecule has 0 aliphatic carbocycles. The Hall–Kier alpha value is -2.95. The number of aromatic amines is 1. The van der Waals surface area contributed by atoms with Crippen LogP contribution in [0.5, 0.6) is 0 Å². The fourth-order valence-electron chi connectivity index (χ4n) is 3.03. The average molecular weight is 307 g/mol. The molecule has 1 aliphatic rings. The number of benzene rings is 2. The molecule has 0 saturated heterocycles. The molecule has 0 radical (unpaired) electrons. The number of rotatable bonds is 2. The minimum Gasteiger partial charge on any atom is -0.348 e. The molecule has 114 valence electrons. The molecule has 3 aromatic rings. The van der Waals surface area contributed by atoms with Gasteiger partial charge in [0, 0.05) is 29.6 Å². The minimum atomic E-state index is -0.296. The van der Waals surface area contributed by atoms with E-state index >= 15 is 0 Å². The molecule has 5 heteroatoms. The Morgan fingerprint density at radius 1 is 1.09 bits per heavy atom. The van der Waals surface area contributed by atoms with Crippen LogP contribution >= 0.6 is 0 Å². The van der Waals surface area contributed by atoms with Gasteiger partial charge in [0.15, 0.2) is 0 Å². The van der Waals surface area contributed by atoms with Crippen molar-refractivity contribution in [1.82, 2.24) is 15.3 Å². The van der Waals surface area contributed by atoms with Gasteiger partial charge in [0.1, 0.15) is 11.6 Å². The molecular formula is C18H14FN3O. The van der Waals surface area contributed by atoms with E-state index in [0.29, 0.717) is 23.5 Å². The molecule has 23 heavy (non-hydrogen) atoms. The summed E-state index contributed by atoms with van der Waals surface area (Å²) in [4.78, 5) is 19.7. The number of hydrogen-bond donors (Lipinski definition) is 2. The highest BCUT2D eigenvalue weighted by molar-refractivity contribution is 6.06. The smallest absolute Gasteiger partial charge is 0.252 e. The van der Waals surface area contributed by atoms with Gasteiger partial charge in [-0.05, 0) is 30.2 Å². The highest BCUT2D eigenvalue weighted by Gasteiger charge is 2.27. The topological polar surface area (TPSA) is 57.8 Å². The number of amides is 1. The molecule has 2 heterocycles. The number of halogens is 1. The minimum absolute atomic E-state index is 0.151. The van der Waals surface area contributed by atoms with Gasteiger partial charge in [-0.15, -0.1) is 0 Å². The van der Waals surface area contributed by atoms with E-state index in [1.165, 1.54) is 6.07 Å². The molecular weight excluding hydrogens is 293 g/mol. The largest absolute Gasteiger partial charge is 0.348 e. The number of nitrogens with one attached hydrogen (secondary N) is 2. The first-order valence-corrected chi connectivity index (χ1v) is 7.36. The summed E-state index contributed by atoms with van der Waals surface area (Å²) in [6.07, 6.45) is 1.72. The highest BCUT2D eigenvalue weighted by atomic mass is 19.1. The monoisotopic (exact) mass is 307 g/mol. The van der Waals surface area contributed by atoms with E-state index < -0.39 is 0 Å². The Balaban J connectivity index is 1.96. The van der Waals surface area contributed by atoms with Crippen LogP contribution < -0.4 is 5.32 Å². The van der Waals surface area contributed by atoms with Gasteiger partial charge >= 0.3 is 0 Å². The maximum absolute atomic E-state index is 14.1. The lowest BCUT2D eigenvalue weighted by molar-refractivity contribution is 0.0966. The molecule has 0 unspecified atom stereocenters. The molecule has 0 spiro atoms.